The van der Waals surface area contributed by atoms with E-state index in [2.05, 4.69) is 0 Å². The second-order valence-corrected chi connectivity index (χ2v) is 5.00. The van der Waals surface area contributed by atoms with E-state index in [1.165, 1.54) is 0 Å². The minimum Gasteiger partial charge on any atom is -0.481 e. The predicted octanol–water partition coefficient (Wildman–Crippen LogP) is 0.968. The molecule has 0 aromatic carbocycles. The molecule has 0 amide bonds. The summed E-state index contributed by atoms with van der Waals surface area (Å²) in [5, 5.41) is 28.7. The van der Waals surface area contributed by atoms with Crippen LogP contribution in [-0.4, -0.2) is 27.1 Å². The number of rotatable bonds is 1. The molecular weight excluding hydrogens is 196 g/mol. The molecule has 2 aliphatic carbocycles. The Hall–Kier alpha value is -0.610. The minimum atomic E-state index is -1.76. The minimum absolute atomic E-state index is 0.0104. The average molecular weight is 214 g/mol. The van der Waals surface area contributed by atoms with E-state index in [1.54, 1.807) is 0 Å². The van der Waals surface area contributed by atoms with Crippen molar-refractivity contribution in [1.82, 2.24) is 0 Å². The summed E-state index contributed by atoms with van der Waals surface area (Å²) in [6.07, 6.45) is 4.49. The summed E-state index contributed by atoms with van der Waals surface area (Å²) in [4.78, 5) is 10.9. The second kappa shape index (κ2) is 3.76. The topological polar surface area (TPSA) is 77.8 Å². The summed E-state index contributed by atoms with van der Waals surface area (Å²) in [6, 6.07) is 0. The van der Waals surface area contributed by atoms with Gasteiger partial charge in [-0.2, -0.15) is 0 Å². The molecule has 4 heteroatoms. The molecule has 0 bridgehead atoms. The van der Waals surface area contributed by atoms with E-state index in [4.69, 9.17) is 5.11 Å². The molecule has 0 aromatic heterocycles. The molecule has 4 nitrogen and oxygen atoms in total. The number of hydrogen-bond donors (Lipinski definition) is 3. The highest BCUT2D eigenvalue weighted by molar-refractivity contribution is 5.70. The molecule has 3 unspecified atom stereocenters. The molecule has 0 spiro atoms. The van der Waals surface area contributed by atoms with Gasteiger partial charge in [0, 0.05) is 12.3 Å². The van der Waals surface area contributed by atoms with Crippen LogP contribution in [-0.2, 0) is 4.79 Å². The van der Waals surface area contributed by atoms with Crippen LogP contribution >= 0.6 is 0 Å². The summed E-state index contributed by atoms with van der Waals surface area (Å²) in [5.41, 5.74) is 0. The molecule has 0 aromatic rings. The number of carboxylic acids is 1. The summed E-state index contributed by atoms with van der Waals surface area (Å²) in [5.74, 6) is -3.16. The van der Waals surface area contributed by atoms with Crippen LogP contribution < -0.4 is 0 Å². The van der Waals surface area contributed by atoms with Gasteiger partial charge in [0.05, 0.1) is 5.92 Å². The zero-order chi connectivity index (χ0) is 11.1. The van der Waals surface area contributed by atoms with Gasteiger partial charge in [-0.3, -0.25) is 4.79 Å². The highest BCUT2D eigenvalue weighted by Gasteiger charge is 2.48. The van der Waals surface area contributed by atoms with Gasteiger partial charge in [0.25, 0.3) is 0 Å². The molecule has 3 atom stereocenters. The van der Waals surface area contributed by atoms with Gasteiger partial charge in [-0.05, 0) is 25.2 Å². The maximum Gasteiger partial charge on any atom is 0.306 e. The van der Waals surface area contributed by atoms with Gasteiger partial charge in [-0.25, -0.2) is 0 Å². The Kier molecular flexibility index (Phi) is 2.73. The van der Waals surface area contributed by atoms with Crippen molar-refractivity contribution in [3.05, 3.63) is 0 Å². The van der Waals surface area contributed by atoms with Crippen molar-refractivity contribution < 1.29 is 20.1 Å². The van der Waals surface area contributed by atoms with Gasteiger partial charge in [0.15, 0.2) is 5.79 Å². The third-order valence-electron chi connectivity index (χ3n) is 3.99. The largest absolute Gasteiger partial charge is 0.481 e. The van der Waals surface area contributed by atoms with Crippen molar-refractivity contribution in [2.45, 2.75) is 44.3 Å². The van der Waals surface area contributed by atoms with Crippen LogP contribution in [0, 0.1) is 17.8 Å². The molecule has 15 heavy (non-hydrogen) atoms. The molecular formula is C11H18O4. The quantitative estimate of drug-likeness (QED) is 0.568. The molecule has 0 aliphatic heterocycles. The Bertz CT molecular complexity index is 261. The Morgan fingerprint density at radius 3 is 2.53 bits per heavy atom. The third-order valence-corrected chi connectivity index (χ3v) is 3.99. The van der Waals surface area contributed by atoms with E-state index in [0.717, 1.165) is 25.7 Å². The maximum absolute atomic E-state index is 10.9. The van der Waals surface area contributed by atoms with Crippen LogP contribution in [0.15, 0.2) is 0 Å². The van der Waals surface area contributed by atoms with Crippen LogP contribution in [0.1, 0.15) is 38.5 Å². The van der Waals surface area contributed by atoms with Crippen molar-refractivity contribution in [1.29, 1.82) is 0 Å². The Morgan fingerprint density at radius 1 is 1.20 bits per heavy atom. The third kappa shape index (κ3) is 2.01. The zero-order valence-electron chi connectivity index (χ0n) is 8.72. The Morgan fingerprint density at radius 2 is 1.87 bits per heavy atom. The Labute approximate surface area is 88.9 Å². The van der Waals surface area contributed by atoms with Crippen molar-refractivity contribution >= 4 is 5.97 Å². The first-order valence-corrected chi connectivity index (χ1v) is 5.68. The van der Waals surface area contributed by atoms with E-state index in [0.29, 0.717) is 6.42 Å². The average Bonchev–Trinajstić information content (AvgIpc) is 2.16. The lowest BCUT2D eigenvalue weighted by atomic mass is 9.64. The van der Waals surface area contributed by atoms with Gasteiger partial charge in [0.1, 0.15) is 0 Å². The first-order chi connectivity index (χ1) is 7.00. The molecule has 86 valence electrons. The van der Waals surface area contributed by atoms with E-state index < -0.39 is 17.7 Å². The fourth-order valence-corrected chi connectivity index (χ4v) is 3.25. The number of aliphatic carboxylic acids is 1. The lowest BCUT2D eigenvalue weighted by Crippen LogP contribution is -2.50. The molecule has 2 aliphatic rings. The molecule has 2 rings (SSSR count). The van der Waals surface area contributed by atoms with Crippen LogP contribution in [0.3, 0.4) is 0 Å². The monoisotopic (exact) mass is 214 g/mol. The Balaban J connectivity index is 2.14. The summed E-state index contributed by atoms with van der Waals surface area (Å²) in [6.45, 7) is 0. The predicted molar refractivity (Wildman–Crippen MR) is 53.0 cm³/mol. The first-order valence-electron chi connectivity index (χ1n) is 5.68. The number of aliphatic hydroxyl groups is 2. The molecule has 0 radical (unpaired) electrons. The van der Waals surface area contributed by atoms with Crippen molar-refractivity contribution in [2.75, 3.05) is 0 Å². The van der Waals surface area contributed by atoms with Gasteiger partial charge < -0.3 is 15.3 Å². The summed E-state index contributed by atoms with van der Waals surface area (Å²) in [7, 11) is 0. The van der Waals surface area contributed by atoms with E-state index >= 15 is 0 Å². The molecule has 2 saturated carbocycles. The van der Waals surface area contributed by atoms with Gasteiger partial charge >= 0.3 is 5.97 Å². The van der Waals surface area contributed by atoms with Crippen molar-refractivity contribution in [3.63, 3.8) is 0 Å². The van der Waals surface area contributed by atoms with E-state index in [-0.39, 0.29) is 18.3 Å². The van der Waals surface area contributed by atoms with Crippen LogP contribution in [0.2, 0.25) is 0 Å². The molecule has 2 fully saturated rings. The van der Waals surface area contributed by atoms with Gasteiger partial charge in [0.2, 0.25) is 0 Å². The fraction of sp³-hybridized carbons (Fsp3) is 0.909. The number of fused-ring (bicyclic) bond motifs is 1. The van der Waals surface area contributed by atoms with E-state index in [1.807, 2.05) is 0 Å². The molecule has 0 heterocycles. The molecule has 0 saturated heterocycles. The SMILES string of the molecule is O=C(O)C1CC2CCCCC2C(O)(O)C1. The maximum atomic E-state index is 10.9. The van der Waals surface area contributed by atoms with E-state index in [9.17, 15) is 15.0 Å². The lowest BCUT2D eigenvalue weighted by molar-refractivity contribution is -0.248. The highest BCUT2D eigenvalue weighted by Crippen LogP contribution is 2.46. The summed E-state index contributed by atoms with van der Waals surface area (Å²) >= 11 is 0. The van der Waals surface area contributed by atoms with Crippen LogP contribution in [0.4, 0.5) is 0 Å². The summed E-state index contributed by atoms with van der Waals surface area (Å²) < 4.78 is 0. The number of carbonyl (C=O) groups is 1. The highest BCUT2D eigenvalue weighted by atomic mass is 16.5. The van der Waals surface area contributed by atoms with Crippen molar-refractivity contribution in [3.8, 4) is 0 Å². The standard InChI is InChI=1S/C11H18O4/c12-10(13)8-5-7-3-1-2-4-9(7)11(14,15)6-8/h7-9,14-15H,1-6H2,(H,12,13). The van der Waals surface area contributed by atoms with Gasteiger partial charge in [-0.1, -0.05) is 12.8 Å². The lowest BCUT2D eigenvalue weighted by Gasteiger charge is -2.46. The fourth-order valence-electron chi connectivity index (χ4n) is 3.25. The smallest absolute Gasteiger partial charge is 0.306 e. The van der Waals surface area contributed by atoms with Crippen LogP contribution in [0.5, 0.6) is 0 Å². The molecule has 3 N–H and O–H groups in total. The van der Waals surface area contributed by atoms with Gasteiger partial charge in [-0.15, -0.1) is 0 Å². The first kappa shape index (κ1) is 10.9. The normalized spacial score (nSPS) is 39.5. The zero-order valence-corrected chi connectivity index (χ0v) is 8.72. The van der Waals surface area contributed by atoms with Crippen molar-refractivity contribution in [2.24, 2.45) is 17.8 Å². The number of hydrogen-bond acceptors (Lipinski definition) is 3. The second-order valence-electron chi connectivity index (χ2n) is 5.00. The number of carboxylic acid groups (broad SMARTS) is 1. The van der Waals surface area contributed by atoms with Crippen LogP contribution in [0.25, 0.3) is 0 Å².